The van der Waals surface area contributed by atoms with E-state index in [1.165, 1.54) is 5.56 Å². The highest BCUT2D eigenvalue weighted by Gasteiger charge is 2.23. The molecule has 0 radical (unpaired) electrons. The highest BCUT2D eigenvalue weighted by molar-refractivity contribution is 5.68. The number of nitrogens with zero attached hydrogens (tertiary/aromatic N) is 1. The Morgan fingerprint density at radius 1 is 1.23 bits per heavy atom. The normalized spacial score (nSPS) is 16.2. The molecule has 1 N–H and O–H groups in total. The lowest BCUT2D eigenvalue weighted by atomic mass is 10.0. The summed E-state index contributed by atoms with van der Waals surface area (Å²) in [7, 11) is 1.65. The molecule has 0 spiro atoms. The van der Waals surface area contributed by atoms with Gasteiger partial charge in [-0.25, -0.2) is 4.79 Å². The van der Waals surface area contributed by atoms with E-state index in [0.717, 1.165) is 44.0 Å². The van der Waals surface area contributed by atoms with Gasteiger partial charge in [-0.1, -0.05) is 6.07 Å². The van der Waals surface area contributed by atoms with Crippen molar-refractivity contribution in [3.8, 4) is 11.5 Å². The number of methoxy groups -OCH3 is 1. The van der Waals surface area contributed by atoms with E-state index in [1.807, 2.05) is 39.8 Å². The minimum Gasteiger partial charge on any atom is -0.493 e. The van der Waals surface area contributed by atoms with Gasteiger partial charge in [-0.05, 0) is 58.2 Å². The fourth-order valence-electron chi connectivity index (χ4n) is 3.06. The number of hydrogen-bond donors (Lipinski definition) is 1. The lowest BCUT2D eigenvalue weighted by molar-refractivity contribution is 0.0477. The van der Waals surface area contributed by atoms with Gasteiger partial charge in [-0.3, -0.25) is 4.90 Å². The number of likely N-dealkylation sites (tertiary alicyclic amines) is 1. The van der Waals surface area contributed by atoms with Gasteiger partial charge in [0.05, 0.1) is 13.7 Å². The molecule has 0 unspecified atom stereocenters. The number of carbonyl (C=O) groups is 1. The van der Waals surface area contributed by atoms with E-state index in [4.69, 9.17) is 14.2 Å². The standard InChI is InChI=1S/C20H32N2O4/c1-6-25-18-13-15(7-8-17(18)24-5)14-22-11-9-16(10-12-22)21-19(23)26-20(2,3)4/h7-8,13,16H,6,9-12,14H2,1-5H3,(H,21,23). The molecule has 0 saturated carbocycles. The van der Waals surface area contributed by atoms with Crippen molar-refractivity contribution in [1.29, 1.82) is 0 Å². The lowest BCUT2D eigenvalue weighted by Gasteiger charge is -2.33. The maximum atomic E-state index is 11.9. The molecule has 26 heavy (non-hydrogen) atoms. The van der Waals surface area contributed by atoms with Crippen LogP contribution in [0.2, 0.25) is 0 Å². The number of rotatable bonds is 6. The Hall–Kier alpha value is -1.95. The molecule has 0 aliphatic carbocycles. The molecular formula is C20H32N2O4. The van der Waals surface area contributed by atoms with Gasteiger partial charge in [0, 0.05) is 25.7 Å². The monoisotopic (exact) mass is 364 g/mol. The number of piperidine rings is 1. The van der Waals surface area contributed by atoms with Crippen LogP contribution in [-0.4, -0.2) is 49.4 Å². The smallest absolute Gasteiger partial charge is 0.407 e. The van der Waals surface area contributed by atoms with Crippen LogP contribution in [0.25, 0.3) is 0 Å². The van der Waals surface area contributed by atoms with Crippen LogP contribution < -0.4 is 14.8 Å². The number of nitrogens with one attached hydrogen (secondary N) is 1. The van der Waals surface area contributed by atoms with Crippen LogP contribution in [0.5, 0.6) is 11.5 Å². The summed E-state index contributed by atoms with van der Waals surface area (Å²) in [6.07, 6.45) is 1.52. The fourth-order valence-corrected chi connectivity index (χ4v) is 3.06. The van der Waals surface area contributed by atoms with E-state index in [0.29, 0.717) is 6.61 Å². The van der Waals surface area contributed by atoms with Gasteiger partial charge in [0.2, 0.25) is 0 Å². The Balaban J connectivity index is 1.83. The van der Waals surface area contributed by atoms with Crippen LogP contribution >= 0.6 is 0 Å². The molecule has 1 aromatic carbocycles. The first kappa shape index (κ1) is 20.4. The Labute approximate surface area is 156 Å². The van der Waals surface area contributed by atoms with Gasteiger partial charge < -0.3 is 19.5 Å². The Kier molecular flexibility index (Phi) is 7.14. The topological polar surface area (TPSA) is 60.0 Å². The molecular weight excluding hydrogens is 332 g/mol. The number of ether oxygens (including phenoxy) is 3. The van der Waals surface area contributed by atoms with Gasteiger partial charge in [0.15, 0.2) is 11.5 Å². The summed E-state index contributed by atoms with van der Waals surface area (Å²) in [6, 6.07) is 6.26. The molecule has 6 nitrogen and oxygen atoms in total. The molecule has 1 aliphatic heterocycles. The van der Waals surface area contributed by atoms with Crippen molar-refractivity contribution >= 4 is 6.09 Å². The lowest BCUT2D eigenvalue weighted by Crippen LogP contribution is -2.45. The highest BCUT2D eigenvalue weighted by Crippen LogP contribution is 2.29. The first-order valence-corrected chi connectivity index (χ1v) is 9.32. The average Bonchev–Trinajstić information content (AvgIpc) is 2.55. The van der Waals surface area contributed by atoms with Crippen molar-refractivity contribution in [2.45, 2.75) is 58.7 Å². The summed E-state index contributed by atoms with van der Waals surface area (Å²) in [6.45, 7) is 11.0. The fraction of sp³-hybridized carbons (Fsp3) is 0.650. The molecule has 1 aromatic rings. The SMILES string of the molecule is CCOc1cc(CN2CCC(NC(=O)OC(C)(C)C)CC2)ccc1OC. The number of alkyl carbamates (subject to hydrolysis) is 1. The van der Waals surface area contributed by atoms with E-state index in [-0.39, 0.29) is 12.1 Å². The molecule has 0 aromatic heterocycles. The van der Waals surface area contributed by atoms with Gasteiger partial charge in [0.25, 0.3) is 0 Å². The van der Waals surface area contributed by atoms with Gasteiger partial charge in [0.1, 0.15) is 5.60 Å². The first-order chi connectivity index (χ1) is 12.3. The molecule has 1 saturated heterocycles. The second kappa shape index (κ2) is 9.12. The van der Waals surface area contributed by atoms with Crippen molar-refractivity contribution in [1.82, 2.24) is 10.2 Å². The number of amides is 1. The van der Waals surface area contributed by atoms with E-state index >= 15 is 0 Å². The Morgan fingerprint density at radius 3 is 2.50 bits per heavy atom. The molecule has 6 heteroatoms. The zero-order chi connectivity index (χ0) is 19.2. The average molecular weight is 364 g/mol. The van der Waals surface area contributed by atoms with Crippen LogP contribution in [0.4, 0.5) is 4.79 Å². The number of benzene rings is 1. The summed E-state index contributed by atoms with van der Waals surface area (Å²) < 4.78 is 16.3. The summed E-state index contributed by atoms with van der Waals surface area (Å²) in [4.78, 5) is 14.3. The zero-order valence-electron chi connectivity index (χ0n) is 16.6. The molecule has 1 fully saturated rings. The number of hydrogen-bond acceptors (Lipinski definition) is 5. The predicted molar refractivity (Wildman–Crippen MR) is 102 cm³/mol. The molecule has 146 valence electrons. The van der Waals surface area contributed by atoms with Crippen molar-refractivity contribution in [3.63, 3.8) is 0 Å². The molecule has 0 bridgehead atoms. The van der Waals surface area contributed by atoms with Gasteiger partial charge in [-0.15, -0.1) is 0 Å². The molecule has 1 aliphatic rings. The highest BCUT2D eigenvalue weighted by atomic mass is 16.6. The third-order valence-corrected chi connectivity index (χ3v) is 4.24. The first-order valence-electron chi connectivity index (χ1n) is 9.32. The molecule has 2 rings (SSSR count). The second-order valence-corrected chi connectivity index (χ2v) is 7.61. The molecule has 0 atom stereocenters. The Bertz CT molecular complexity index is 590. The van der Waals surface area contributed by atoms with Crippen molar-refractivity contribution in [3.05, 3.63) is 23.8 Å². The van der Waals surface area contributed by atoms with Gasteiger partial charge >= 0.3 is 6.09 Å². The third kappa shape index (κ3) is 6.41. The van der Waals surface area contributed by atoms with Crippen LogP contribution in [0.1, 0.15) is 46.1 Å². The van der Waals surface area contributed by atoms with E-state index < -0.39 is 5.60 Å². The third-order valence-electron chi connectivity index (χ3n) is 4.24. The maximum Gasteiger partial charge on any atom is 0.407 e. The summed E-state index contributed by atoms with van der Waals surface area (Å²) in [5.74, 6) is 1.55. The van der Waals surface area contributed by atoms with Crippen LogP contribution in [0, 0.1) is 0 Å². The van der Waals surface area contributed by atoms with Crippen molar-refractivity contribution in [2.75, 3.05) is 26.8 Å². The largest absolute Gasteiger partial charge is 0.493 e. The van der Waals surface area contributed by atoms with E-state index in [2.05, 4.69) is 16.3 Å². The molecule has 1 amide bonds. The maximum absolute atomic E-state index is 11.9. The van der Waals surface area contributed by atoms with Crippen LogP contribution in [0.15, 0.2) is 18.2 Å². The summed E-state index contributed by atoms with van der Waals surface area (Å²) in [5, 5.41) is 2.98. The van der Waals surface area contributed by atoms with E-state index in [9.17, 15) is 4.79 Å². The van der Waals surface area contributed by atoms with E-state index in [1.54, 1.807) is 7.11 Å². The minimum atomic E-state index is -0.461. The Morgan fingerprint density at radius 2 is 1.92 bits per heavy atom. The van der Waals surface area contributed by atoms with Crippen LogP contribution in [0.3, 0.4) is 0 Å². The minimum absolute atomic E-state index is 0.177. The second-order valence-electron chi connectivity index (χ2n) is 7.61. The zero-order valence-corrected chi connectivity index (χ0v) is 16.6. The summed E-state index contributed by atoms with van der Waals surface area (Å²) >= 11 is 0. The van der Waals surface area contributed by atoms with Gasteiger partial charge in [-0.2, -0.15) is 0 Å². The van der Waals surface area contributed by atoms with Crippen LogP contribution in [-0.2, 0) is 11.3 Å². The molecule has 1 heterocycles. The van der Waals surface area contributed by atoms with Crippen molar-refractivity contribution < 1.29 is 19.0 Å². The quantitative estimate of drug-likeness (QED) is 0.836. The summed E-state index contributed by atoms with van der Waals surface area (Å²) in [5.41, 5.74) is 0.741. The predicted octanol–water partition coefficient (Wildman–Crippen LogP) is 3.58. The van der Waals surface area contributed by atoms with Crippen molar-refractivity contribution in [2.24, 2.45) is 0 Å². The number of carbonyl (C=O) groups excluding carboxylic acids is 1.